The van der Waals surface area contributed by atoms with Crippen LogP contribution in [-0.4, -0.2) is 25.3 Å². The van der Waals surface area contributed by atoms with Crippen molar-refractivity contribution in [1.82, 2.24) is 20.2 Å². The second-order valence-electron chi connectivity index (χ2n) is 5.70. The van der Waals surface area contributed by atoms with Crippen LogP contribution >= 0.6 is 0 Å². The highest BCUT2D eigenvalue weighted by Gasteiger charge is 2.18. The smallest absolute Gasteiger partial charge is 0.172 e. The summed E-state index contributed by atoms with van der Waals surface area (Å²) in [5.74, 6) is 0.681. The van der Waals surface area contributed by atoms with Crippen LogP contribution < -0.4 is 0 Å². The van der Waals surface area contributed by atoms with E-state index < -0.39 is 0 Å². The molecule has 0 atom stereocenters. The van der Waals surface area contributed by atoms with Crippen molar-refractivity contribution in [3.05, 3.63) is 53.6 Å². The first-order valence-electron chi connectivity index (χ1n) is 7.43. The lowest BCUT2D eigenvalue weighted by atomic mass is 10.1. The van der Waals surface area contributed by atoms with Gasteiger partial charge in [0.2, 0.25) is 0 Å². The van der Waals surface area contributed by atoms with Crippen molar-refractivity contribution in [2.45, 2.75) is 13.8 Å². The minimum atomic E-state index is 0.101. The fourth-order valence-corrected chi connectivity index (χ4v) is 2.69. The summed E-state index contributed by atoms with van der Waals surface area (Å²) in [5, 5.41) is 17.6. The van der Waals surface area contributed by atoms with Crippen LogP contribution in [0.5, 0.6) is 5.75 Å². The first kappa shape index (κ1) is 13.6. The Balaban J connectivity index is 1.84. The number of aromatic amines is 2. The van der Waals surface area contributed by atoms with Gasteiger partial charge in [-0.2, -0.15) is 5.10 Å². The molecule has 4 aromatic rings. The SMILES string of the molecule is Cc1cc2nc(-c3[nH]nc(-c4ccccc4)c3O)[nH]c2cc1C. The van der Waals surface area contributed by atoms with E-state index in [9.17, 15) is 5.11 Å². The number of benzene rings is 2. The summed E-state index contributed by atoms with van der Waals surface area (Å²) < 4.78 is 0. The summed E-state index contributed by atoms with van der Waals surface area (Å²) in [6, 6.07) is 13.7. The fourth-order valence-electron chi connectivity index (χ4n) is 2.69. The summed E-state index contributed by atoms with van der Waals surface area (Å²) in [4.78, 5) is 7.81. The standard InChI is InChI=1S/C18H16N4O/c1-10-8-13-14(9-11(10)2)20-18(19-13)16-17(23)15(21-22-16)12-6-4-3-5-7-12/h3-9,23H,1-2H3,(H,19,20)(H,21,22). The molecule has 0 aliphatic carbocycles. The van der Waals surface area contributed by atoms with E-state index in [-0.39, 0.29) is 5.75 Å². The second kappa shape index (κ2) is 4.98. The molecule has 0 aliphatic heterocycles. The van der Waals surface area contributed by atoms with Gasteiger partial charge in [-0.15, -0.1) is 0 Å². The molecule has 5 nitrogen and oxygen atoms in total. The van der Waals surface area contributed by atoms with Gasteiger partial charge in [-0.1, -0.05) is 30.3 Å². The lowest BCUT2D eigenvalue weighted by Gasteiger charge is -1.97. The summed E-state index contributed by atoms with van der Waals surface area (Å²) in [5.41, 5.74) is 6.08. The van der Waals surface area contributed by atoms with Crippen LogP contribution in [0.3, 0.4) is 0 Å². The molecule has 0 spiro atoms. The van der Waals surface area contributed by atoms with Crippen LogP contribution in [0.15, 0.2) is 42.5 Å². The molecule has 0 unspecified atom stereocenters. The molecule has 3 N–H and O–H groups in total. The first-order valence-corrected chi connectivity index (χ1v) is 7.43. The van der Waals surface area contributed by atoms with Crippen molar-refractivity contribution in [2.24, 2.45) is 0 Å². The predicted octanol–water partition coefficient (Wildman–Crippen LogP) is 3.94. The lowest BCUT2D eigenvalue weighted by Crippen LogP contribution is -1.80. The molecular formula is C18H16N4O. The summed E-state index contributed by atoms with van der Waals surface area (Å²) in [7, 11) is 0. The Morgan fingerprint density at radius 2 is 1.74 bits per heavy atom. The van der Waals surface area contributed by atoms with Gasteiger partial charge in [-0.05, 0) is 37.1 Å². The van der Waals surface area contributed by atoms with Crippen molar-refractivity contribution in [3.8, 4) is 28.5 Å². The van der Waals surface area contributed by atoms with E-state index in [0.717, 1.165) is 16.6 Å². The van der Waals surface area contributed by atoms with Gasteiger partial charge < -0.3 is 10.1 Å². The van der Waals surface area contributed by atoms with Gasteiger partial charge in [-0.25, -0.2) is 4.98 Å². The van der Waals surface area contributed by atoms with E-state index in [1.165, 1.54) is 11.1 Å². The van der Waals surface area contributed by atoms with Gasteiger partial charge in [-0.3, -0.25) is 5.10 Å². The number of aromatic hydroxyl groups is 1. The number of nitrogens with one attached hydrogen (secondary N) is 2. The molecule has 2 aromatic heterocycles. The predicted molar refractivity (Wildman–Crippen MR) is 90.3 cm³/mol. The maximum Gasteiger partial charge on any atom is 0.172 e. The Labute approximate surface area is 133 Å². The number of hydrogen-bond acceptors (Lipinski definition) is 3. The number of aryl methyl sites for hydroxylation is 2. The molecule has 0 bridgehead atoms. The highest BCUT2D eigenvalue weighted by molar-refractivity contribution is 5.83. The fraction of sp³-hybridized carbons (Fsp3) is 0.111. The van der Waals surface area contributed by atoms with E-state index in [2.05, 4.69) is 40.1 Å². The molecule has 23 heavy (non-hydrogen) atoms. The highest BCUT2D eigenvalue weighted by atomic mass is 16.3. The largest absolute Gasteiger partial charge is 0.504 e. The monoisotopic (exact) mass is 304 g/mol. The van der Waals surface area contributed by atoms with Crippen LogP contribution in [0.2, 0.25) is 0 Å². The van der Waals surface area contributed by atoms with Crippen LogP contribution in [0.4, 0.5) is 0 Å². The van der Waals surface area contributed by atoms with Crippen molar-refractivity contribution < 1.29 is 5.11 Å². The minimum Gasteiger partial charge on any atom is -0.504 e. The maximum absolute atomic E-state index is 10.5. The number of imidazole rings is 1. The first-order chi connectivity index (χ1) is 11.1. The molecule has 0 radical (unpaired) electrons. The molecule has 114 valence electrons. The molecule has 2 heterocycles. The third kappa shape index (κ3) is 2.17. The Kier molecular flexibility index (Phi) is 2.94. The van der Waals surface area contributed by atoms with Crippen LogP contribution in [0.25, 0.3) is 33.8 Å². The molecule has 5 heteroatoms. The number of hydrogen-bond donors (Lipinski definition) is 3. The zero-order valence-electron chi connectivity index (χ0n) is 12.9. The minimum absolute atomic E-state index is 0.101. The Hall–Kier alpha value is -3.08. The number of aromatic nitrogens is 4. The average Bonchev–Trinajstić information content (AvgIpc) is 3.12. The molecule has 4 rings (SSSR count). The highest BCUT2D eigenvalue weighted by Crippen LogP contribution is 2.35. The van der Waals surface area contributed by atoms with Crippen LogP contribution in [0.1, 0.15) is 11.1 Å². The van der Waals surface area contributed by atoms with E-state index in [4.69, 9.17) is 0 Å². The van der Waals surface area contributed by atoms with Gasteiger partial charge in [0.25, 0.3) is 0 Å². The van der Waals surface area contributed by atoms with E-state index in [1.54, 1.807) is 0 Å². The van der Waals surface area contributed by atoms with Crippen molar-refractivity contribution in [2.75, 3.05) is 0 Å². The van der Waals surface area contributed by atoms with Crippen LogP contribution in [0, 0.1) is 13.8 Å². The molecule has 2 aromatic carbocycles. The number of H-pyrrole nitrogens is 2. The molecule has 0 amide bonds. The third-order valence-corrected chi connectivity index (χ3v) is 4.12. The molecule has 0 fully saturated rings. The Bertz CT molecular complexity index is 960. The maximum atomic E-state index is 10.5. The zero-order chi connectivity index (χ0) is 16.0. The van der Waals surface area contributed by atoms with E-state index in [0.29, 0.717) is 17.2 Å². The Morgan fingerprint density at radius 1 is 1.00 bits per heavy atom. The molecule has 0 aliphatic rings. The van der Waals surface area contributed by atoms with Crippen molar-refractivity contribution in [3.63, 3.8) is 0 Å². The average molecular weight is 304 g/mol. The Morgan fingerprint density at radius 3 is 2.52 bits per heavy atom. The van der Waals surface area contributed by atoms with Gasteiger partial charge in [0.15, 0.2) is 11.6 Å². The van der Waals surface area contributed by atoms with Gasteiger partial charge in [0.05, 0.1) is 11.0 Å². The third-order valence-electron chi connectivity index (χ3n) is 4.12. The van der Waals surface area contributed by atoms with Gasteiger partial charge in [0, 0.05) is 5.56 Å². The van der Waals surface area contributed by atoms with Crippen molar-refractivity contribution in [1.29, 1.82) is 0 Å². The van der Waals surface area contributed by atoms with Gasteiger partial charge >= 0.3 is 0 Å². The van der Waals surface area contributed by atoms with Crippen LogP contribution in [-0.2, 0) is 0 Å². The topological polar surface area (TPSA) is 77.6 Å². The quantitative estimate of drug-likeness (QED) is 0.525. The normalized spacial score (nSPS) is 11.2. The number of rotatable bonds is 2. The lowest BCUT2D eigenvalue weighted by molar-refractivity contribution is 0.479. The summed E-state index contributed by atoms with van der Waals surface area (Å²) >= 11 is 0. The van der Waals surface area contributed by atoms with E-state index in [1.807, 2.05) is 36.4 Å². The van der Waals surface area contributed by atoms with E-state index >= 15 is 0 Å². The molecule has 0 saturated carbocycles. The summed E-state index contributed by atoms with van der Waals surface area (Å²) in [6.07, 6.45) is 0. The molecular weight excluding hydrogens is 288 g/mol. The van der Waals surface area contributed by atoms with Gasteiger partial charge in [0.1, 0.15) is 11.4 Å². The molecule has 0 saturated heterocycles. The second-order valence-corrected chi connectivity index (χ2v) is 5.70. The summed E-state index contributed by atoms with van der Waals surface area (Å²) in [6.45, 7) is 4.13. The zero-order valence-corrected chi connectivity index (χ0v) is 12.9. The number of fused-ring (bicyclic) bond motifs is 1. The number of nitrogens with zero attached hydrogens (tertiary/aromatic N) is 2. The van der Waals surface area contributed by atoms with Crippen molar-refractivity contribution >= 4 is 11.0 Å².